The van der Waals surface area contributed by atoms with Gasteiger partial charge in [-0.05, 0) is 18.2 Å². The van der Waals surface area contributed by atoms with Crippen LogP contribution in [0.4, 0.5) is 5.69 Å². The van der Waals surface area contributed by atoms with E-state index in [2.05, 4.69) is 10.4 Å². The molecule has 25 heavy (non-hydrogen) atoms. The van der Waals surface area contributed by atoms with Crippen molar-refractivity contribution in [3.63, 3.8) is 0 Å². The first-order valence-electron chi connectivity index (χ1n) is 7.56. The Morgan fingerprint density at radius 1 is 1.32 bits per heavy atom. The van der Waals surface area contributed by atoms with Crippen molar-refractivity contribution in [1.82, 2.24) is 14.1 Å². The first-order chi connectivity index (χ1) is 11.9. The molecule has 1 N–H and O–H groups in total. The predicted molar refractivity (Wildman–Crippen MR) is 92.2 cm³/mol. The number of hydrogen-bond acceptors (Lipinski definition) is 5. The summed E-state index contributed by atoms with van der Waals surface area (Å²) in [7, 11) is -1.98. The van der Waals surface area contributed by atoms with Crippen molar-refractivity contribution >= 4 is 33.2 Å². The molecule has 1 amide bonds. The minimum Gasteiger partial charge on any atom is -0.379 e. The number of nitrogens with one attached hydrogen (secondary N) is 1. The van der Waals surface area contributed by atoms with Gasteiger partial charge in [-0.15, -0.1) is 0 Å². The zero-order valence-corrected chi connectivity index (χ0v) is 15.0. The van der Waals surface area contributed by atoms with E-state index in [0.29, 0.717) is 32.0 Å². The first kappa shape index (κ1) is 17.9. The number of halogens is 1. The largest absolute Gasteiger partial charge is 0.379 e. The van der Waals surface area contributed by atoms with E-state index in [0.717, 1.165) is 0 Å². The van der Waals surface area contributed by atoms with Crippen molar-refractivity contribution < 1.29 is 17.9 Å². The predicted octanol–water partition coefficient (Wildman–Crippen LogP) is 1.35. The lowest BCUT2D eigenvalue weighted by atomic mass is 10.3. The van der Waals surface area contributed by atoms with Crippen LogP contribution < -0.4 is 5.32 Å². The lowest BCUT2D eigenvalue weighted by molar-refractivity contribution is 0.0730. The zero-order chi connectivity index (χ0) is 18.0. The maximum atomic E-state index is 12.7. The van der Waals surface area contributed by atoms with E-state index < -0.39 is 15.9 Å². The second-order valence-corrected chi connectivity index (χ2v) is 7.84. The van der Waals surface area contributed by atoms with Crippen molar-refractivity contribution in [2.24, 2.45) is 7.05 Å². The summed E-state index contributed by atoms with van der Waals surface area (Å²) in [6, 6.07) is 6.09. The average Bonchev–Trinajstić information content (AvgIpc) is 2.94. The Balaban J connectivity index is 1.81. The SMILES string of the molecule is Cn1cc(Cl)c(C(=O)Nc2cccc(S(=O)(=O)N3CCOCC3)c2)n1. The van der Waals surface area contributed by atoms with Crippen LogP contribution in [0.1, 0.15) is 10.5 Å². The fourth-order valence-electron chi connectivity index (χ4n) is 2.47. The number of morpholine rings is 1. The van der Waals surface area contributed by atoms with Crippen LogP contribution in [-0.2, 0) is 21.8 Å². The van der Waals surface area contributed by atoms with Crippen molar-refractivity contribution in [2.45, 2.75) is 4.90 Å². The molecule has 1 fully saturated rings. The van der Waals surface area contributed by atoms with E-state index >= 15 is 0 Å². The molecular weight excluding hydrogens is 368 g/mol. The number of carbonyl (C=O) groups excluding carboxylic acids is 1. The summed E-state index contributed by atoms with van der Waals surface area (Å²) in [4.78, 5) is 12.4. The van der Waals surface area contributed by atoms with Crippen LogP contribution in [0.2, 0.25) is 5.02 Å². The molecule has 1 aromatic carbocycles. The van der Waals surface area contributed by atoms with Gasteiger partial charge in [0.2, 0.25) is 10.0 Å². The highest BCUT2D eigenvalue weighted by Crippen LogP contribution is 2.22. The summed E-state index contributed by atoms with van der Waals surface area (Å²) in [6.07, 6.45) is 1.51. The molecule has 0 unspecified atom stereocenters. The molecule has 0 spiro atoms. The van der Waals surface area contributed by atoms with Gasteiger partial charge in [0.25, 0.3) is 5.91 Å². The van der Waals surface area contributed by atoms with Crippen molar-refractivity contribution in [3.05, 3.63) is 41.2 Å². The molecule has 8 nitrogen and oxygen atoms in total. The number of anilines is 1. The molecule has 1 aromatic heterocycles. The number of benzene rings is 1. The summed E-state index contributed by atoms with van der Waals surface area (Å²) in [5, 5.41) is 6.82. The van der Waals surface area contributed by atoms with Crippen LogP contribution in [0.3, 0.4) is 0 Å². The van der Waals surface area contributed by atoms with E-state index in [1.54, 1.807) is 19.2 Å². The Hall–Kier alpha value is -1.94. The number of nitrogens with zero attached hydrogens (tertiary/aromatic N) is 3. The summed E-state index contributed by atoms with van der Waals surface area (Å²) >= 11 is 5.95. The van der Waals surface area contributed by atoms with Gasteiger partial charge < -0.3 is 10.1 Å². The van der Waals surface area contributed by atoms with Crippen molar-refractivity contribution in [3.8, 4) is 0 Å². The fraction of sp³-hybridized carbons (Fsp3) is 0.333. The van der Waals surface area contributed by atoms with Gasteiger partial charge in [-0.3, -0.25) is 9.48 Å². The average molecular weight is 385 g/mol. The van der Waals surface area contributed by atoms with Crippen LogP contribution in [0.15, 0.2) is 35.4 Å². The molecule has 10 heteroatoms. The van der Waals surface area contributed by atoms with Gasteiger partial charge in [0.15, 0.2) is 5.69 Å². The number of aromatic nitrogens is 2. The second-order valence-electron chi connectivity index (χ2n) is 5.50. The number of aryl methyl sites for hydroxylation is 1. The van der Waals surface area contributed by atoms with E-state index in [1.807, 2.05) is 0 Å². The molecule has 1 saturated heterocycles. The summed E-state index contributed by atoms with van der Waals surface area (Å²) in [5.41, 5.74) is 0.423. The van der Waals surface area contributed by atoms with Crippen LogP contribution >= 0.6 is 11.6 Å². The van der Waals surface area contributed by atoms with Gasteiger partial charge in [-0.1, -0.05) is 17.7 Å². The highest BCUT2D eigenvalue weighted by atomic mass is 35.5. The monoisotopic (exact) mass is 384 g/mol. The van der Waals surface area contributed by atoms with Gasteiger partial charge >= 0.3 is 0 Å². The zero-order valence-electron chi connectivity index (χ0n) is 13.5. The lowest BCUT2D eigenvalue weighted by Crippen LogP contribution is -2.40. The Labute approximate surface area is 150 Å². The number of amides is 1. The molecule has 134 valence electrons. The molecule has 2 heterocycles. The van der Waals surface area contributed by atoms with Crippen LogP contribution in [-0.4, -0.2) is 54.7 Å². The Morgan fingerprint density at radius 3 is 2.68 bits per heavy atom. The molecule has 0 saturated carbocycles. The number of ether oxygens (including phenoxy) is 1. The van der Waals surface area contributed by atoms with Gasteiger partial charge in [-0.25, -0.2) is 8.42 Å². The summed E-state index contributed by atoms with van der Waals surface area (Å²) in [5.74, 6) is -0.508. The highest BCUT2D eigenvalue weighted by Gasteiger charge is 2.26. The summed E-state index contributed by atoms with van der Waals surface area (Å²) < 4.78 is 33.3. The van der Waals surface area contributed by atoms with E-state index in [9.17, 15) is 13.2 Å². The van der Waals surface area contributed by atoms with Gasteiger partial charge in [0.1, 0.15) is 0 Å². The third-order valence-corrected chi connectivity index (χ3v) is 5.87. The lowest BCUT2D eigenvalue weighted by Gasteiger charge is -2.26. The third-order valence-electron chi connectivity index (χ3n) is 3.70. The number of sulfonamides is 1. The molecule has 0 radical (unpaired) electrons. The van der Waals surface area contributed by atoms with E-state index in [1.165, 1.54) is 27.3 Å². The standard InChI is InChI=1S/C15H17ClN4O4S/c1-19-10-13(16)14(18-19)15(21)17-11-3-2-4-12(9-11)25(22,23)20-5-7-24-8-6-20/h2-4,9-10H,5-8H2,1H3,(H,17,21). The molecule has 0 aliphatic carbocycles. The summed E-state index contributed by atoms with van der Waals surface area (Å²) in [6.45, 7) is 1.35. The number of carbonyl (C=O) groups is 1. The van der Waals surface area contributed by atoms with E-state index in [-0.39, 0.29) is 15.6 Å². The Kier molecular flexibility index (Phi) is 5.09. The van der Waals surface area contributed by atoms with Crippen molar-refractivity contribution in [2.75, 3.05) is 31.6 Å². The topological polar surface area (TPSA) is 93.5 Å². The smallest absolute Gasteiger partial charge is 0.277 e. The normalized spacial score (nSPS) is 15.9. The molecule has 1 aliphatic rings. The minimum atomic E-state index is -3.63. The van der Waals surface area contributed by atoms with Crippen LogP contribution in [0.5, 0.6) is 0 Å². The molecule has 2 aromatic rings. The van der Waals surface area contributed by atoms with Crippen LogP contribution in [0, 0.1) is 0 Å². The molecular formula is C15H17ClN4O4S. The molecule has 1 aliphatic heterocycles. The first-order valence-corrected chi connectivity index (χ1v) is 9.38. The van der Waals surface area contributed by atoms with Gasteiger partial charge in [0, 0.05) is 32.0 Å². The van der Waals surface area contributed by atoms with Gasteiger partial charge in [-0.2, -0.15) is 9.40 Å². The minimum absolute atomic E-state index is 0.0746. The molecule has 3 rings (SSSR count). The quantitative estimate of drug-likeness (QED) is 0.858. The number of rotatable bonds is 4. The Bertz CT molecular complexity index is 891. The molecule has 0 bridgehead atoms. The van der Waals surface area contributed by atoms with Gasteiger partial charge in [0.05, 0.1) is 23.1 Å². The molecule has 0 atom stereocenters. The fourth-order valence-corrected chi connectivity index (χ4v) is 4.19. The maximum Gasteiger partial charge on any atom is 0.277 e. The van der Waals surface area contributed by atoms with Crippen LogP contribution in [0.25, 0.3) is 0 Å². The maximum absolute atomic E-state index is 12.7. The number of hydrogen-bond donors (Lipinski definition) is 1. The second kappa shape index (κ2) is 7.12. The van der Waals surface area contributed by atoms with E-state index in [4.69, 9.17) is 16.3 Å². The highest BCUT2D eigenvalue weighted by molar-refractivity contribution is 7.89. The third kappa shape index (κ3) is 3.84. The van der Waals surface area contributed by atoms with Crippen molar-refractivity contribution in [1.29, 1.82) is 0 Å². The Morgan fingerprint density at radius 2 is 2.04 bits per heavy atom.